The van der Waals surface area contributed by atoms with Crippen molar-refractivity contribution >= 4 is 46.6 Å². The van der Waals surface area contributed by atoms with E-state index in [0.29, 0.717) is 5.02 Å². The molecule has 0 aromatic heterocycles. The first kappa shape index (κ1) is 16.9. The van der Waals surface area contributed by atoms with Crippen LogP contribution in [0, 0.1) is 5.82 Å². The lowest BCUT2D eigenvalue weighted by Gasteiger charge is -2.10. The number of carbonyl (C=O) groups is 1. The van der Waals surface area contributed by atoms with Gasteiger partial charge in [-0.3, -0.25) is 15.6 Å². The molecule has 0 fully saturated rings. The second kappa shape index (κ2) is 8.26. The van der Waals surface area contributed by atoms with Crippen molar-refractivity contribution in [3.05, 3.63) is 71.0 Å². The molecule has 0 saturated heterocycles. The standard InChI is InChI=1S/C16H13ClFN3OS/c17-12-6-2-1-5-11(12)9-10-15(22)20-21-16(23)19-14-8-4-3-7-13(14)18/h1-10H,(H,20,22)(H2,19,21,23)/b10-9+. The Bertz CT molecular complexity index is 752. The van der Waals surface area contributed by atoms with Gasteiger partial charge in [-0.2, -0.15) is 0 Å². The Morgan fingerprint density at radius 3 is 2.52 bits per heavy atom. The highest BCUT2D eigenvalue weighted by atomic mass is 35.5. The van der Waals surface area contributed by atoms with Gasteiger partial charge in [0.1, 0.15) is 5.82 Å². The Morgan fingerprint density at radius 1 is 1.09 bits per heavy atom. The Labute approximate surface area is 143 Å². The maximum atomic E-state index is 13.4. The van der Waals surface area contributed by atoms with Crippen LogP contribution in [0.25, 0.3) is 6.08 Å². The zero-order chi connectivity index (χ0) is 16.7. The monoisotopic (exact) mass is 349 g/mol. The minimum atomic E-state index is -0.443. The summed E-state index contributed by atoms with van der Waals surface area (Å²) in [6, 6.07) is 13.2. The van der Waals surface area contributed by atoms with Gasteiger partial charge in [-0.1, -0.05) is 41.9 Å². The van der Waals surface area contributed by atoms with Gasteiger partial charge >= 0.3 is 0 Å². The van der Waals surface area contributed by atoms with Crippen LogP contribution in [0.5, 0.6) is 0 Å². The van der Waals surface area contributed by atoms with Crippen LogP contribution in [0.15, 0.2) is 54.6 Å². The molecular formula is C16H13ClFN3OS. The van der Waals surface area contributed by atoms with Crippen LogP contribution in [0.1, 0.15) is 5.56 Å². The smallest absolute Gasteiger partial charge is 0.262 e. The van der Waals surface area contributed by atoms with Crippen molar-refractivity contribution in [3.8, 4) is 0 Å². The lowest BCUT2D eigenvalue weighted by molar-refractivity contribution is -0.116. The van der Waals surface area contributed by atoms with E-state index >= 15 is 0 Å². The predicted molar refractivity (Wildman–Crippen MR) is 94.4 cm³/mol. The molecule has 2 aromatic carbocycles. The van der Waals surface area contributed by atoms with E-state index in [1.165, 1.54) is 18.2 Å². The van der Waals surface area contributed by atoms with E-state index in [4.69, 9.17) is 23.8 Å². The van der Waals surface area contributed by atoms with Crippen LogP contribution in [-0.4, -0.2) is 11.0 Å². The molecule has 0 aliphatic carbocycles. The summed E-state index contributed by atoms with van der Waals surface area (Å²) in [5.41, 5.74) is 5.78. The highest BCUT2D eigenvalue weighted by Gasteiger charge is 2.03. The lowest BCUT2D eigenvalue weighted by atomic mass is 10.2. The summed E-state index contributed by atoms with van der Waals surface area (Å²) in [6.07, 6.45) is 2.88. The summed E-state index contributed by atoms with van der Waals surface area (Å²) in [5, 5.41) is 3.24. The third kappa shape index (κ3) is 5.36. The van der Waals surface area contributed by atoms with Gasteiger partial charge in [-0.15, -0.1) is 0 Å². The third-order valence-corrected chi connectivity index (χ3v) is 3.29. The number of anilines is 1. The Balaban J connectivity index is 1.83. The van der Waals surface area contributed by atoms with Gasteiger partial charge in [0.25, 0.3) is 5.91 Å². The fourth-order valence-electron chi connectivity index (χ4n) is 1.65. The van der Waals surface area contributed by atoms with Crippen molar-refractivity contribution in [2.75, 3.05) is 5.32 Å². The number of carbonyl (C=O) groups excluding carboxylic acids is 1. The lowest BCUT2D eigenvalue weighted by Crippen LogP contribution is -2.43. The minimum absolute atomic E-state index is 0.0644. The van der Waals surface area contributed by atoms with Crippen LogP contribution < -0.4 is 16.2 Å². The van der Waals surface area contributed by atoms with Gasteiger partial charge in [-0.25, -0.2) is 4.39 Å². The van der Waals surface area contributed by atoms with Crippen LogP contribution in [0.2, 0.25) is 5.02 Å². The topological polar surface area (TPSA) is 53.2 Å². The summed E-state index contributed by atoms with van der Waals surface area (Å²) in [5.74, 6) is -0.871. The maximum Gasteiger partial charge on any atom is 0.262 e. The number of hydrogen-bond donors (Lipinski definition) is 3. The van der Waals surface area contributed by atoms with Gasteiger partial charge in [-0.05, 0) is 42.1 Å². The summed E-state index contributed by atoms with van der Waals surface area (Å²) in [7, 11) is 0. The van der Waals surface area contributed by atoms with E-state index in [-0.39, 0.29) is 10.8 Å². The number of nitrogens with one attached hydrogen (secondary N) is 3. The summed E-state index contributed by atoms with van der Waals surface area (Å²) < 4.78 is 13.4. The second-order valence-corrected chi connectivity index (χ2v) is 5.22. The molecule has 4 nitrogen and oxygen atoms in total. The van der Waals surface area contributed by atoms with E-state index in [9.17, 15) is 9.18 Å². The fraction of sp³-hybridized carbons (Fsp3) is 0. The number of hydrogen-bond acceptors (Lipinski definition) is 2. The number of amides is 1. The highest BCUT2D eigenvalue weighted by molar-refractivity contribution is 7.80. The number of benzene rings is 2. The van der Waals surface area contributed by atoms with E-state index in [0.717, 1.165) is 5.56 Å². The highest BCUT2D eigenvalue weighted by Crippen LogP contribution is 2.16. The van der Waals surface area contributed by atoms with Crippen molar-refractivity contribution in [1.29, 1.82) is 0 Å². The molecular weight excluding hydrogens is 337 g/mol. The first-order chi connectivity index (χ1) is 11.1. The van der Waals surface area contributed by atoms with Crippen molar-refractivity contribution in [2.24, 2.45) is 0 Å². The van der Waals surface area contributed by atoms with Crippen molar-refractivity contribution < 1.29 is 9.18 Å². The number of para-hydroxylation sites is 1. The van der Waals surface area contributed by atoms with E-state index in [1.807, 2.05) is 6.07 Å². The van der Waals surface area contributed by atoms with Gasteiger partial charge in [0.05, 0.1) is 5.69 Å². The first-order valence-corrected chi connectivity index (χ1v) is 7.39. The molecule has 0 spiro atoms. The second-order valence-electron chi connectivity index (χ2n) is 4.40. The molecule has 0 unspecified atom stereocenters. The van der Waals surface area contributed by atoms with E-state index < -0.39 is 11.7 Å². The fourth-order valence-corrected chi connectivity index (χ4v) is 2.01. The van der Waals surface area contributed by atoms with Gasteiger partial charge < -0.3 is 5.32 Å². The zero-order valence-corrected chi connectivity index (χ0v) is 13.4. The quantitative estimate of drug-likeness (QED) is 0.451. The average Bonchev–Trinajstić information content (AvgIpc) is 2.54. The van der Waals surface area contributed by atoms with Gasteiger partial charge in [0, 0.05) is 11.1 Å². The van der Waals surface area contributed by atoms with Crippen LogP contribution >= 0.6 is 23.8 Å². The summed E-state index contributed by atoms with van der Waals surface area (Å²) in [4.78, 5) is 11.7. The van der Waals surface area contributed by atoms with Crippen molar-refractivity contribution in [3.63, 3.8) is 0 Å². The molecule has 23 heavy (non-hydrogen) atoms. The molecule has 0 bridgehead atoms. The molecule has 1 amide bonds. The maximum absolute atomic E-state index is 13.4. The van der Waals surface area contributed by atoms with E-state index in [1.54, 1.807) is 36.4 Å². The first-order valence-electron chi connectivity index (χ1n) is 6.60. The summed E-state index contributed by atoms with van der Waals surface area (Å²) in [6.45, 7) is 0. The molecule has 0 aliphatic rings. The molecule has 0 atom stereocenters. The number of hydrazine groups is 1. The number of thiocarbonyl (C=S) groups is 1. The molecule has 2 rings (SSSR count). The minimum Gasteiger partial charge on any atom is -0.329 e. The third-order valence-electron chi connectivity index (χ3n) is 2.74. The Kier molecular flexibility index (Phi) is 6.08. The van der Waals surface area contributed by atoms with Gasteiger partial charge in [0.2, 0.25) is 0 Å². The van der Waals surface area contributed by atoms with Gasteiger partial charge in [0.15, 0.2) is 5.11 Å². The van der Waals surface area contributed by atoms with E-state index in [2.05, 4.69) is 16.2 Å². The Morgan fingerprint density at radius 2 is 1.78 bits per heavy atom. The molecule has 0 saturated carbocycles. The van der Waals surface area contributed by atoms with Crippen molar-refractivity contribution in [1.82, 2.24) is 10.9 Å². The molecule has 0 aliphatic heterocycles. The van der Waals surface area contributed by atoms with Crippen LogP contribution in [-0.2, 0) is 4.79 Å². The predicted octanol–water partition coefficient (Wildman–Crippen LogP) is 3.51. The molecule has 0 radical (unpaired) electrons. The van der Waals surface area contributed by atoms with Crippen molar-refractivity contribution in [2.45, 2.75) is 0 Å². The van der Waals surface area contributed by atoms with Crippen LogP contribution in [0.3, 0.4) is 0 Å². The normalized spacial score (nSPS) is 10.3. The molecule has 7 heteroatoms. The van der Waals surface area contributed by atoms with Crippen LogP contribution in [0.4, 0.5) is 10.1 Å². The average molecular weight is 350 g/mol. The molecule has 2 aromatic rings. The molecule has 118 valence electrons. The number of rotatable bonds is 3. The molecule has 0 heterocycles. The SMILES string of the molecule is O=C(/C=C/c1ccccc1Cl)NNC(=S)Nc1ccccc1F. The number of halogens is 2. The Hall–Kier alpha value is -2.44. The largest absolute Gasteiger partial charge is 0.329 e. The zero-order valence-electron chi connectivity index (χ0n) is 11.8. The summed E-state index contributed by atoms with van der Waals surface area (Å²) >= 11 is 10.9. The molecule has 3 N–H and O–H groups in total.